The van der Waals surface area contributed by atoms with Gasteiger partial charge in [0, 0.05) is 23.9 Å². The number of anilines is 1. The Labute approximate surface area is 117 Å². The molecule has 1 fully saturated rings. The summed E-state index contributed by atoms with van der Waals surface area (Å²) < 4.78 is 0. The van der Waals surface area contributed by atoms with Crippen molar-refractivity contribution in [2.45, 2.75) is 18.2 Å². The topological polar surface area (TPSA) is 89.7 Å². The Morgan fingerprint density at radius 3 is 2.47 bits per heavy atom. The first-order valence-corrected chi connectivity index (χ1v) is 6.67. The van der Waals surface area contributed by atoms with Gasteiger partial charge < -0.3 is 10.6 Å². The summed E-state index contributed by atoms with van der Waals surface area (Å²) in [5, 5.41) is 1.08. The van der Waals surface area contributed by atoms with Gasteiger partial charge in [-0.1, -0.05) is 22.0 Å². The van der Waals surface area contributed by atoms with E-state index in [0.717, 1.165) is 5.56 Å². The lowest BCUT2D eigenvalue weighted by molar-refractivity contribution is -0.172. The number of hydrogen-bond acceptors (Lipinski definition) is 5. The van der Waals surface area contributed by atoms with Crippen molar-refractivity contribution in [2.75, 3.05) is 5.73 Å². The zero-order chi connectivity index (χ0) is 14.0. The SMILES string of the molecule is Nc1cc(C(=O)ON2C(=O)CCC2=O)ccc1CBr. The third kappa shape index (κ3) is 2.76. The molecule has 0 radical (unpaired) electrons. The lowest BCUT2D eigenvalue weighted by Crippen LogP contribution is -2.32. The number of nitrogens with zero attached hydrogens (tertiary/aromatic N) is 1. The zero-order valence-electron chi connectivity index (χ0n) is 9.89. The van der Waals surface area contributed by atoms with Crippen LogP contribution in [-0.2, 0) is 19.8 Å². The molecule has 2 amide bonds. The number of nitrogens with two attached hydrogens (primary N) is 1. The molecule has 6 nitrogen and oxygen atoms in total. The summed E-state index contributed by atoms with van der Waals surface area (Å²) >= 11 is 3.26. The van der Waals surface area contributed by atoms with E-state index in [9.17, 15) is 14.4 Å². The van der Waals surface area contributed by atoms with Gasteiger partial charge in [0.05, 0.1) is 5.56 Å². The molecular weight excluding hydrogens is 316 g/mol. The second-order valence-electron chi connectivity index (χ2n) is 4.01. The summed E-state index contributed by atoms with van der Waals surface area (Å²) in [4.78, 5) is 39.2. The van der Waals surface area contributed by atoms with Crippen molar-refractivity contribution in [1.82, 2.24) is 5.06 Å². The number of carbonyl (C=O) groups excluding carboxylic acids is 3. The first-order valence-electron chi connectivity index (χ1n) is 5.55. The number of benzene rings is 1. The third-order valence-corrected chi connectivity index (χ3v) is 3.31. The Morgan fingerprint density at radius 2 is 1.95 bits per heavy atom. The first-order chi connectivity index (χ1) is 9.02. The minimum absolute atomic E-state index is 0.0662. The molecule has 1 heterocycles. The van der Waals surface area contributed by atoms with Gasteiger partial charge >= 0.3 is 5.97 Å². The monoisotopic (exact) mass is 326 g/mol. The average molecular weight is 327 g/mol. The van der Waals surface area contributed by atoms with Crippen LogP contribution in [0, 0.1) is 0 Å². The molecule has 1 saturated heterocycles. The largest absolute Gasteiger partial charge is 0.398 e. The van der Waals surface area contributed by atoms with E-state index in [-0.39, 0.29) is 18.4 Å². The van der Waals surface area contributed by atoms with Crippen molar-refractivity contribution in [1.29, 1.82) is 0 Å². The fourth-order valence-electron chi connectivity index (χ4n) is 1.64. The van der Waals surface area contributed by atoms with Crippen LogP contribution in [0.15, 0.2) is 18.2 Å². The molecule has 0 aromatic heterocycles. The van der Waals surface area contributed by atoms with Crippen LogP contribution in [-0.4, -0.2) is 22.8 Å². The summed E-state index contributed by atoms with van der Waals surface area (Å²) in [7, 11) is 0. The molecule has 2 N–H and O–H groups in total. The fraction of sp³-hybridized carbons (Fsp3) is 0.250. The zero-order valence-corrected chi connectivity index (χ0v) is 11.5. The second-order valence-corrected chi connectivity index (χ2v) is 4.57. The van der Waals surface area contributed by atoms with Gasteiger partial charge in [-0.3, -0.25) is 9.59 Å². The predicted octanol–water partition coefficient (Wildman–Crippen LogP) is 1.38. The average Bonchev–Trinajstić information content (AvgIpc) is 2.70. The molecular formula is C12H11BrN2O4. The molecule has 100 valence electrons. The number of hydroxylamine groups is 2. The van der Waals surface area contributed by atoms with E-state index in [0.29, 0.717) is 16.1 Å². The Balaban J connectivity index is 2.14. The first kappa shape index (κ1) is 13.5. The van der Waals surface area contributed by atoms with Gasteiger partial charge in [-0.05, 0) is 17.7 Å². The molecule has 0 spiro atoms. The maximum atomic E-state index is 11.8. The van der Waals surface area contributed by atoms with Gasteiger partial charge in [0.15, 0.2) is 0 Å². The van der Waals surface area contributed by atoms with Crippen LogP contribution in [0.4, 0.5) is 5.69 Å². The van der Waals surface area contributed by atoms with Crippen molar-refractivity contribution in [3.05, 3.63) is 29.3 Å². The van der Waals surface area contributed by atoms with Crippen molar-refractivity contribution in [3.63, 3.8) is 0 Å². The van der Waals surface area contributed by atoms with Crippen LogP contribution in [0.3, 0.4) is 0 Å². The Kier molecular flexibility index (Phi) is 3.84. The van der Waals surface area contributed by atoms with E-state index < -0.39 is 17.8 Å². The van der Waals surface area contributed by atoms with Crippen LogP contribution < -0.4 is 5.73 Å². The summed E-state index contributed by atoms with van der Waals surface area (Å²) in [5.74, 6) is -1.80. The van der Waals surface area contributed by atoms with Crippen LogP contribution >= 0.6 is 15.9 Å². The van der Waals surface area contributed by atoms with E-state index in [4.69, 9.17) is 10.6 Å². The molecule has 19 heavy (non-hydrogen) atoms. The minimum atomic E-state index is -0.781. The molecule has 1 aliphatic heterocycles. The van der Waals surface area contributed by atoms with Crippen molar-refractivity contribution < 1.29 is 19.2 Å². The molecule has 0 bridgehead atoms. The smallest absolute Gasteiger partial charge is 0.363 e. The molecule has 1 aromatic carbocycles. The van der Waals surface area contributed by atoms with Crippen LogP contribution in [0.1, 0.15) is 28.8 Å². The molecule has 2 rings (SSSR count). The van der Waals surface area contributed by atoms with Gasteiger partial charge in [0.2, 0.25) is 0 Å². The van der Waals surface area contributed by atoms with Crippen molar-refractivity contribution >= 4 is 39.4 Å². The molecule has 7 heteroatoms. The van der Waals surface area contributed by atoms with Crippen LogP contribution in [0.25, 0.3) is 0 Å². The molecule has 0 aliphatic carbocycles. The van der Waals surface area contributed by atoms with Gasteiger partial charge in [0.1, 0.15) is 0 Å². The highest BCUT2D eigenvalue weighted by atomic mass is 79.9. The highest BCUT2D eigenvalue weighted by molar-refractivity contribution is 9.08. The van der Waals surface area contributed by atoms with Gasteiger partial charge in [-0.2, -0.15) is 0 Å². The number of halogens is 1. The van der Waals surface area contributed by atoms with Crippen LogP contribution in [0.2, 0.25) is 0 Å². The Bertz CT molecular complexity index is 543. The minimum Gasteiger partial charge on any atom is -0.398 e. The predicted molar refractivity (Wildman–Crippen MR) is 70.0 cm³/mol. The molecule has 0 atom stereocenters. The molecule has 1 aliphatic rings. The fourth-order valence-corrected chi connectivity index (χ4v) is 2.15. The van der Waals surface area contributed by atoms with Crippen LogP contribution in [0.5, 0.6) is 0 Å². The standard InChI is InChI=1S/C12H11BrN2O4/c13-6-8-2-1-7(5-9(8)14)12(18)19-15-10(16)3-4-11(15)17/h1-2,5H,3-4,6,14H2. The second kappa shape index (κ2) is 5.40. The van der Waals surface area contributed by atoms with Crippen molar-refractivity contribution in [2.24, 2.45) is 0 Å². The number of hydrogen-bond donors (Lipinski definition) is 1. The maximum Gasteiger partial charge on any atom is 0.363 e. The molecule has 0 unspecified atom stereocenters. The number of alkyl halides is 1. The summed E-state index contributed by atoms with van der Waals surface area (Å²) in [6, 6.07) is 4.65. The lowest BCUT2D eigenvalue weighted by Gasteiger charge is -2.13. The Morgan fingerprint density at radius 1 is 1.32 bits per heavy atom. The molecule has 0 saturated carbocycles. The maximum absolute atomic E-state index is 11.8. The third-order valence-electron chi connectivity index (χ3n) is 2.71. The van der Waals surface area contributed by atoms with E-state index in [1.807, 2.05) is 0 Å². The number of carbonyl (C=O) groups is 3. The normalized spacial score (nSPS) is 14.9. The van der Waals surface area contributed by atoms with Crippen molar-refractivity contribution in [3.8, 4) is 0 Å². The highest BCUT2D eigenvalue weighted by Crippen LogP contribution is 2.19. The summed E-state index contributed by atoms with van der Waals surface area (Å²) in [6.07, 6.45) is 0.132. The highest BCUT2D eigenvalue weighted by Gasteiger charge is 2.33. The van der Waals surface area contributed by atoms with Gasteiger partial charge in [-0.25, -0.2) is 4.79 Å². The number of rotatable bonds is 3. The number of imide groups is 1. The molecule has 1 aromatic rings. The van der Waals surface area contributed by atoms with Gasteiger partial charge in [0.25, 0.3) is 11.8 Å². The Hall–Kier alpha value is -1.89. The number of nitrogen functional groups attached to an aromatic ring is 1. The van der Waals surface area contributed by atoms with E-state index >= 15 is 0 Å². The summed E-state index contributed by atoms with van der Waals surface area (Å²) in [5.41, 5.74) is 7.21. The quantitative estimate of drug-likeness (QED) is 0.515. The van der Waals surface area contributed by atoms with E-state index in [1.54, 1.807) is 6.07 Å². The number of amides is 2. The lowest BCUT2D eigenvalue weighted by atomic mass is 10.1. The van der Waals surface area contributed by atoms with Gasteiger partial charge in [-0.15, -0.1) is 5.06 Å². The summed E-state index contributed by atoms with van der Waals surface area (Å²) in [6.45, 7) is 0. The van der Waals surface area contributed by atoms with E-state index in [2.05, 4.69) is 15.9 Å². The van der Waals surface area contributed by atoms with E-state index in [1.165, 1.54) is 12.1 Å².